The number of ether oxygens (including phenoxy) is 1. The number of nitrogens with zero attached hydrogens (tertiary/aromatic N) is 2. The standard InChI is InChI=1S/C26H29FN4O3/c1-26(2,3)34-25(33)31-12-9-16(10-13-31)22-14-20(19-8-11-29-15-21(19)24(28)32)23(30-22)17-4-6-18(27)7-5-17/h4-8,11,14-16,30H,9-10,12-13H2,1-3H3,(H2,28,32). The molecule has 3 aromatic rings. The lowest BCUT2D eigenvalue weighted by Crippen LogP contribution is -2.41. The highest BCUT2D eigenvalue weighted by molar-refractivity contribution is 6.01. The lowest BCUT2D eigenvalue weighted by Gasteiger charge is -2.33. The average Bonchev–Trinajstić information content (AvgIpc) is 3.24. The number of benzene rings is 1. The minimum absolute atomic E-state index is 0.186. The Morgan fingerprint density at radius 1 is 1.12 bits per heavy atom. The molecule has 3 heterocycles. The predicted molar refractivity (Wildman–Crippen MR) is 128 cm³/mol. The van der Waals surface area contributed by atoms with Crippen LogP contribution in [0.3, 0.4) is 0 Å². The van der Waals surface area contributed by atoms with Gasteiger partial charge >= 0.3 is 6.09 Å². The highest BCUT2D eigenvalue weighted by Gasteiger charge is 2.29. The van der Waals surface area contributed by atoms with E-state index in [9.17, 15) is 14.0 Å². The van der Waals surface area contributed by atoms with Crippen LogP contribution in [0.2, 0.25) is 0 Å². The van der Waals surface area contributed by atoms with Crippen molar-refractivity contribution < 1.29 is 18.7 Å². The number of piperidine rings is 1. The Hall–Kier alpha value is -3.68. The van der Waals surface area contributed by atoms with Gasteiger partial charge in [-0.3, -0.25) is 9.78 Å². The van der Waals surface area contributed by atoms with Crippen molar-refractivity contribution in [3.63, 3.8) is 0 Å². The third kappa shape index (κ3) is 5.11. The highest BCUT2D eigenvalue weighted by Crippen LogP contribution is 2.38. The number of hydrogen-bond acceptors (Lipinski definition) is 4. The van der Waals surface area contributed by atoms with Crippen LogP contribution in [-0.4, -0.2) is 45.6 Å². The molecule has 178 valence electrons. The number of primary amides is 1. The number of rotatable bonds is 4. The first kappa shape index (κ1) is 23.5. The highest BCUT2D eigenvalue weighted by atomic mass is 19.1. The minimum Gasteiger partial charge on any atom is -0.444 e. The summed E-state index contributed by atoms with van der Waals surface area (Å²) in [4.78, 5) is 33.8. The van der Waals surface area contributed by atoms with Gasteiger partial charge in [0, 0.05) is 42.7 Å². The summed E-state index contributed by atoms with van der Waals surface area (Å²) in [5.41, 5.74) is 9.41. The topological polar surface area (TPSA) is 101 Å². The zero-order chi connectivity index (χ0) is 24.5. The number of nitrogens with one attached hydrogen (secondary N) is 1. The molecule has 1 aliphatic rings. The number of hydrogen-bond donors (Lipinski definition) is 2. The van der Waals surface area contributed by atoms with Crippen LogP contribution < -0.4 is 5.73 Å². The minimum atomic E-state index is -0.568. The largest absolute Gasteiger partial charge is 0.444 e. The van der Waals surface area contributed by atoms with E-state index in [1.807, 2.05) is 26.8 Å². The first-order valence-corrected chi connectivity index (χ1v) is 11.3. The molecule has 2 aromatic heterocycles. The molecular weight excluding hydrogens is 435 g/mol. The lowest BCUT2D eigenvalue weighted by atomic mass is 9.92. The van der Waals surface area contributed by atoms with E-state index in [0.717, 1.165) is 35.4 Å². The van der Waals surface area contributed by atoms with Crippen molar-refractivity contribution in [2.75, 3.05) is 13.1 Å². The zero-order valence-corrected chi connectivity index (χ0v) is 19.6. The molecular formula is C26H29FN4O3. The van der Waals surface area contributed by atoms with Gasteiger partial charge in [-0.2, -0.15) is 0 Å². The van der Waals surface area contributed by atoms with E-state index in [2.05, 4.69) is 9.97 Å². The van der Waals surface area contributed by atoms with E-state index < -0.39 is 11.5 Å². The van der Waals surface area contributed by atoms with Gasteiger partial charge in [-0.05, 0) is 81.1 Å². The Kier molecular flexibility index (Phi) is 6.41. The van der Waals surface area contributed by atoms with E-state index >= 15 is 0 Å². The number of carbonyl (C=O) groups is 2. The number of nitrogens with two attached hydrogens (primary N) is 1. The summed E-state index contributed by atoms with van der Waals surface area (Å²) in [6.45, 7) is 6.74. The lowest BCUT2D eigenvalue weighted by molar-refractivity contribution is 0.0204. The average molecular weight is 465 g/mol. The van der Waals surface area contributed by atoms with Gasteiger partial charge in [-0.1, -0.05) is 0 Å². The van der Waals surface area contributed by atoms with Gasteiger partial charge in [0.25, 0.3) is 5.91 Å². The summed E-state index contributed by atoms with van der Waals surface area (Å²) >= 11 is 0. The number of aromatic amines is 1. The second-order valence-corrected chi connectivity index (χ2v) is 9.55. The Bertz CT molecular complexity index is 1190. The zero-order valence-electron chi connectivity index (χ0n) is 19.6. The van der Waals surface area contributed by atoms with Crippen molar-refractivity contribution in [1.82, 2.24) is 14.9 Å². The molecule has 1 aliphatic heterocycles. The number of aromatic nitrogens is 2. The van der Waals surface area contributed by atoms with Gasteiger partial charge in [0.05, 0.1) is 11.3 Å². The third-order valence-corrected chi connectivity index (χ3v) is 5.93. The summed E-state index contributed by atoms with van der Waals surface area (Å²) in [5, 5.41) is 0. The Morgan fingerprint density at radius 2 is 1.79 bits per heavy atom. The number of pyridine rings is 1. The first-order chi connectivity index (χ1) is 16.1. The maximum absolute atomic E-state index is 13.6. The first-order valence-electron chi connectivity index (χ1n) is 11.3. The van der Waals surface area contributed by atoms with Crippen LogP contribution >= 0.6 is 0 Å². The number of amides is 2. The molecule has 1 saturated heterocycles. The van der Waals surface area contributed by atoms with Gasteiger partial charge in [0.1, 0.15) is 11.4 Å². The summed E-state index contributed by atoms with van der Waals surface area (Å²) in [6, 6.07) is 9.98. The number of H-pyrrole nitrogens is 1. The molecule has 1 fully saturated rings. The maximum Gasteiger partial charge on any atom is 0.410 e. The van der Waals surface area contributed by atoms with Crippen molar-refractivity contribution >= 4 is 12.0 Å². The molecule has 0 radical (unpaired) electrons. The fraction of sp³-hybridized carbons (Fsp3) is 0.346. The molecule has 0 spiro atoms. The number of likely N-dealkylation sites (tertiary alicyclic amines) is 1. The van der Waals surface area contributed by atoms with E-state index in [1.165, 1.54) is 18.3 Å². The van der Waals surface area contributed by atoms with Crippen LogP contribution in [0.4, 0.5) is 9.18 Å². The van der Waals surface area contributed by atoms with Crippen LogP contribution in [0, 0.1) is 5.82 Å². The molecule has 2 amide bonds. The molecule has 3 N–H and O–H groups in total. The van der Waals surface area contributed by atoms with E-state index in [1.54, 1.807) is 29.3 Å². The van der Waals surface area contributed by atoms with Gasteiger partial charge in [-0.25, -0.2) is 9.18 Å². The van der Waals surface area contributed by atoms with Crippen molar-refractivity contribution in [2.24, 2.45) is 5.73 Å². The van der Waals surface area contributed by atoms with Crippen LogP contribution in [0.5, 0.6) is 0 Å². The molecule has 0 atom stereocenters. The SMILES string of the molecule is CC(C)(C)OC(=O)N1CCC(c2cc(-c3ccncc3C(N)=O)c(-c3ccc(F)cc3)[nH]2)CC1. The van der Waals surface area contributed by atoms with E-state index in [0.29, 0.717) is 24.2 Å². The number of carbonyl (C=O) groups excluding carboxylic acids is 2. The summed E-state index contributed by atoms with van der Waals surface area (Å²) in [7, 11) is 0. The van der Waals surface area contributed by atoms with Crippen molar-refractivity contribution in [3.05, 3.63) is 65.9 Å². The number of halogens is 1. The summed E-state index contributed by atoms with van der Waals surface area (Å²) < 4.78 is 19.1. The normalized spacial score (nSPS) is 14.8. The molecule has 0 aliphatic carbocycles. The summed E-state index contributed by atoms with van der Waals surface area (Å²) in [6.07, 6.45) is 4.30. The maximum atomic E-state index is 13.6. The van der Waals surface area contributed by atoms with Crippen LogP contribution in [0.15, 0.2) is 48.8 Å². The summed E-state index contributed by atoms with van der Waals surface area (Å²) in [5.74, 6) is -0.708. The van der Waals surface area contributed by atoms with Gasteiger partial charge < -0.3 is 20.4 Å². The molecule has 0 bridgehead atoms. The molecule has 0 unspecified atom stereocenters. The predicted octanol–water partition coefficient (Wildman–Crippen LogP) is 5.10. The van der Waals surface area contributed by atoms with Crippen LogP contribution in [-0.2, 0) is 4.74 Å². The van der Waals surface area contributed by atoms with Crippen LogP contribution in [0.1, 0.15) is 55.6 Å². The molecule has 4 rings (SSSR count). The van der Waals surface area contributed by atoms with Gasteiger partial charge in [-0.15, -0.1) is 0 Å². The molecule has 7 nitrogen and oxygen atoms in total. The monoisotopic (exact) mass is 464 g/mol. The van der Waals surface area contributed by atoms with Crippen molar-refractivity contribution in [2.45, 2.75) is 45.1 Å². The van der Waals surface area contributed by atoms with Gasteiger partial charge in [0.2, 0.25) is 0 Å². The van der Waals surface area contributed by atoms with E-state index in [4.69, 9.17) is 10.5 Å². The van der Waals surface area contributed by atoms with Crippen molar-refractivity contribution in [3.8, 4) is 22.4 Å². The fourth-order valence-corrected chi connectivity index (χ4v) is 4.28. The quantitative estimate of drug-likeness (QED) is 0.561. The Balaban J connectivity index is 1.65. The molecule has 0 saturated carbocycles. The Labute approximate surface area is 198 Å². The second kappa shape index (κ2) is 9.29. The Morgan fingerprint density at radius 3 is 2.41 bits per heavy atom. The van der Waals surface area contributed by atoms with E-state index in [-0.39, 0.29) is 17.8 Å². The van der Waals surface area contributed by atoms with Gasteiger partial charge in [0.15, 0.2) is 0 Å². The molecule has 34 heavy (non-hydrogen) atoms. The van der Waals surface area contributed by atoms with Crippen LogP contribution in [0.25, 0.3) is 22.4 Å². The van der Waals surface area contributed by atoms with Crippen molar-refractivity contribution in [1.29, 1.82) is 0 Å². The molecule has 8 heteroatoms. The smallest absolute Gasteiger partial charge is 0.410 e. The molecule has 1 aromatic carbocycles. The second-order valence-electron chi connectivity index (χ2n) is 9.55. The fourth-order valence-electron chi connectivity index (χ4n) is 4.28. The third-order valence-electron chi connectivity index (χ3n) is 5.93.